The molecule has 6 nitrogen and oxygen atoms in total. The van der Waals surface area contributed by atoms with E-state index >= 15 is 4.79 Å². The second-order valence-electron chi connectivity index (χ2n) is 16.7. The van der Waals surface area contributed by atoms with Gasteiger partial charge in [0, 0.05) is 27.9 Å². The monoisotopic (exact) mass is 886 g/mol. The number of benzene rings is 3. The van der Waals surface area contributed by atoms with Crippen molar-refractivity contribution in [3.63, 3.8) is 0 Å². The molecule has 3 aromatic carbocycles. The molecule has 1 heterocycles. The molecule has 69 heavy (non-hydrogen) atoms. The third-order valence-corrected chi connectivity index (χ3v) is 13.4. The first-order chi connectivity index (χ1) is 31.2. The minimum absolute atomic E-state index is 0.0321. The van der Waals surface area contributed by atoms with Crippen LogP contribution in [0.15, 0.2) is 34.2 Å². The van der Waals surface area contributed by atoms with Gasteiger partial charge in [0.15, 0.2) is 5.16 Å². The lowest BCUT2D eigenvalue weighted by molar-refractivity contribution is -0.139. The number of fused-ring (bicyclic) bond motifs is 1. The minimum Gasteiger partial charge on any atom is -0.361 e. The van der Waals surface area contributed by atoms with E-state index < -0.39 is 143 Å². The summed E-state index contributed by atoms with van der Waals surface area (Å²) in [6.07, 6.45) is -5.15. The average molecular weight is 882 g/mol. The normalized spacial score (nSPS) is 15.8. The number of alkyl halides is 3. The molecule has 1 aliphatic rings. The first kappa shape index (κ1) is 57.4. The molecule has 0 fully saturated rings. The number of thioether (sulfide) groups is 1. The van der Waals surface area contributed by atoms with Gasteiger partial charge < -0.3 is 14.4 Å². The van der Waals surface area contributed by atoms with Crippen LogP contribution < -0.4 is 49.3 Å². The van der Waals surface area contributed by atoms with Gasteiger partial charge in [-0.15, -0.1) is 5.21 Å². The van der Waals surface area contributed by atoms with Crippen LogP contribution in [0.1, 0.15) is 41.8 Å². The van der Waals surface area contributed by atoms with Crippen LogP contribution >= 0.6 is 11.8 Å². The Morgan fingerprint density at radius 2 is 1.09 bits per heavy atom. The van der Waals surface area contributed by atoms with Crippen LogP contribution in [-0.2, 0) is 37.8 Å². The van der Waals surface area contributed by atoms with E-state index in [4.69, 9.17) is 173 Å². The molecule has 4 aromatic rings. The van der Waals surface area contributed by atoms with Crippen LogP contribution in [-0.4, -0.2) is 222 Å². The highest BCUT2D eigenvalue weighted by Crippen LogP contribution is 2.58. The Morgan fingerprint density at radius 3 is 1.49 bits per heavy atom. The van der Waals surface area contributed by atoms with Crippen LogP contribution in [0, 0.1) is 5.82 Å². The maximum Gasteiger partial charge on any atom is 0.415 e. The van der Waals surface area contributed by atoms with E-state index in [0.29, 0.717) is 21.9 Å². The number of carbonyl (C=O) groups excluding carboxylic acids is 1. The first-order valence-electron chi connectivity index (χ1n) is 20.0. The molecule has 1 aliphatic carbocycles. The van der Waals surface area contributed by atoms with Crippen LogP contribution in [0.5, 0.6) is 0 Å². The van der Waals surface area contributed by atoms with Gasteiger partial charge in [0.2, 0.25) is 5.91 Å². The lowest BCUT2D eigenvalue weighted by Crippen LogP contribution is -2.80. The Balaban J connectivity index is 1.91. The maximum absolute atomic E-state index is 15.9. The molecule has 292 valence electrons. The van der Waals surface area contributed by atoms with E-state index in [1.165, 1.54) is 17.0 Å². The molecular formula is C36H16B22F4N4O2S. The molecule has 1 aromatic heterocycles. The molecule has 0 spiro atoms. The fraction of sp³-hybridized carbons (Fsp3) is 0.361. The summed E-state index contributed by atoms with van der Waals surface area (Å²) >= 11 is 0.655. The van der Waals surface area contributed by atoms with Crippen molar-refractivity contribution in [3.8, 4) is 11.1 Å². The molecule has 0 atom stereocenters. The zero-order valence-corrected chi connectivity index (χ0v) is 38.0. The van der Waals surface area contributed by atoms with Gasteiger partial charge in [-0.3, -0.25) is 9.59 Å². The van der Waals surface area contributed by atoms with Crippen molar-refractivity contribution in [2.24, 2.45) is 0 Å². The predicted molar refractivity (Wildman–Crippen MR) is 286 cm³/mol. The minimum atomic E-state index is -5.15. The van der Waals surface area contributed by atoms with Crippen molar-refractivity contribution >= 4 is 234 Å². The number of hydrogen-bond acceptors (Lipinski definition) is 5. The number of rotatable bonds is 13. The molecule has 0 N–H and O–H groups in total. The number of nitrogens with zero attached hydrogens (tertiary/aromatic N) is 4. The highest BCUT2D eigenvalue weighted by Gasteiger charge is 2.59. The zero-order valence-electron chi connectivity index (χ0n) is 37.2. The lowest BCUT2D eigenvalue weighted by atomic mass is 9.20. The number of amides is 1. The van der Waals surface area contributed by atoms with Gasteiger partial charge in [-0.05, 0) is 57.9 Å². The van der Waals surface area contributed by atoms with Crippen molar-refractivity contribution in [1.82, 2.24) is 19.4 Å². The Labute approximate surface area is 433 Å². The van der Waals surface area contributed by atoms with E-state index in [1.807, 2.05) is 0 Å². The van der Waals surface area contributed by atoms with Crippen molar-refractivity contribution < 1.29 is 22.4 Å². The molecular weight excluding hydrogens is 866 g/mol. The van der Waals surface area contributed by atoms with Gasteiger partial charge in [-0.1, -0.05) is 97.4 Å². The number of aromatic nitrogens is 2. The second-order valence-corrected chi connectivity index (χ2v) is 17.6. The third kappa shape index (κ3) is 8.76. The molecule has 0 unspecified atom stereocenters. The summed E-state index contributed by atoms with van der Waals surface area (Å²) in [6.45, 7) is 3.08. The number of halogens is 4. The van der Waals surface area contributed by atoms with Crippen LogP contribution in [0.4, 0.5) is 17.6 Å². The summed E-state index contributed by atoms with van der Waals surface area (Å²) < 4.78 is 56.7. The largest absolute Gasteiger partial charge is 0.415 e. The zero-order chi connectivity index (χ0) is 53.1. The van der Waals surface area contributed by atoms with E-state index in [1.54, 1.807) is 13.8 Å². The Bertz CT molecular complexity index is 2750. The number of likely N-dealkylation sites (N-methyl/N-ethyl adjacent to an activating group) is 1. The summed E-state index contributed by atoms with van der Waals surface area (Å²) in [7, 11) is 144. The van der Waals surface area contributed by atoms with Crippen molar-refractivity contribution in [2.75, 3.05) is 13.1 Å². The van der Waals surface area contributed by atoms with Crippen LogP contribution in [0.2, 0.25) is 5.21 Å². The van der Waals surface area contributed by atoms with Crippen molar-refractivity contribution in [3.05, 3.63) is 68.4 Å². The molecule has 1 amide bonds. The third-order valence-electron chi connectivity index (χ3n) is 12.4. The van der Waals surface area contributed by atoms with E-state index in [2.05, 4.69) is 4.98 Å². The summed E-state index contributed by atoms with van der Waals surface area (Å²) in [5, 5.41) is -21.1. The molecule has 0 saturated heterocycles. The second kappa shape index (κ2) is 18.7. The summed E-state index contributed by atoms with van der Waals surface area (Å²) in [4.78, 5) is 35.3. The molecule has 33 heteroatoms. The molecule has 44 radical (unpaired) electrons. The van der Waals surface area contributed by atoms with Gasteiger partial charge in [-0.2, -0.15) is 18.2 Å². The highest BCUT2D eigenvalue weighted by molar-refractivity contribution is 7.98. The van der Waals surface area contributed by atoms with Gasteiger partial charge in [0.1, 0.15) is 84.3 Å². The highest BCUT2D eigenvalue weighted by atomic mass is 32.2. The standard InChI is InChI=1S/C36H16B22F4N4O2S/c1-3-64(4-2)35(55,56)36(57,58)66(31(49,50)14-21(41)17(37)12(18(38)22(14)42)13-19(39)23(43)15(33(60,61)62)24(44)20(13)40)27(68)32(51,52)65-25-16(29(45,46)34(53,54)30(25,47)48)26(67)63-28(65)69-9-10-5-7-11(59)8-6-10/h5-8H,3-4,9H2,1-2H3. The van der Waals surface area contributed by atoms with Gasteiger partial charge in [0.25, 0.3) is 5.56 Å². The lowest BCUT2D eigenvalue weighted by Gasteiger charge is -2.63. The van der Waals surface area contributed by atoms with Crippen molar-refractivity contribution in [2.45, 2.75) is 67.9 Å². The average Bonchev–Trinajstić information content (AvgIpc) is 3.32. The van der Waals surface area contributed by atoms with Crippen LogP contribution in [0.25, 0.3) is 11.1 Å². The maximum atomic E-state index is 15.9. The summed E-state index contributed by atoms with van der Waals surface area (Å²) in [5.41, 5.74) is -12.6. The Kier molecular flexibility index (Phi) is 15.6. The van der Waals surface area contributed by atoms with Crippen molar-refractivity contribution in [1.29, 1.82) is 0 Å². The Hall–Kier alpha value is -2.53. The predicted octanol–water partition coefficient (Wildman–Crippen LogP) is -9.60. The smallest absolute Gasteiger partial charge is 0.361 e. The number of carbonyl (C=O) groups is 1. The van der Waals surface area contributed by atoms with E-state index in [9.17, 15) is 22.4 Å². The molecule has 0 saturated carbocycles. The van der Waals surface area contributed by atoms with Gasteiger partial charge in [0.05, 0.1) is 94.2 Å². The fourth-order valence-corrected chi connectivity index (χ4v) is 9.33. The molecule has 5 rings (SSSR count). The number of hydrogen-bond donors (Lipinski definition) is 0. The topological polar surface area (TPSA) is 58.4 Å². The first-order valence-corrected chi connectivity index (χ1v) is 21.0. The molecule has 0 bridgehead atoms. The molecule has 0 aliphatic heterocycles. The summed E-state index contributed by atoms with van der Waals surface area (Å²) in [6, 6.07) is 5.01. The van der Waals surface area contributed by atoms with Crippen LogP contribution in [0.3, 0.4) is 0 Å². The Morgan fingerprint density at radius 1 is 0.667 bits per heavy atom. The summed E-state index contributed by atoms with van der Waals surface area (Å²) in [5.74, 6) is -2.56. The van der Waals surface area contributed by atoms with Gasteiger partial charge >= 0.3 is 6.18 Å². The van der Waals surface area contributed by atoms with E-state index in [0.717, 1.165) is 12.1 Å². The quantitative estimate of drug-likeness (QED) is 0.0579. The SMILES string of the molecule is [B]c1c([B])c(C(F)(F)F)c([B])c([B])c1-c1c([B])c([B])c(C([B])([B])N(C(=O)C([B])([B])n2c(SCc3ccc(F)cc3)nc(=O)c3c2C([B])([B])C([B])([B])C3([B])[B])C([B])([B])C([B])([B])N(CC)CC)c([B])c1[B]. The van der Waals surface area contributed by atoms with Gasteiger partial charge in [-0.25, -0.2) is 4.39 Å². The fourth-order valence-electron chi connectivity index (χ4n) is 8.32. The van der Waals surface area contributed by atoms with E-state index in [-0.39, 0.29) is 23.7 Å².